The molecule has 0 bridgehead atoms. The van der Waals surface area contributed by atoms with Crippen LogP contribution < -0.4 is 5.32 Å². The second-order valence-corrected chi connectivity index (χ2v) is 8.28. The predicted octanol–water partition coefficient (Wildman–Crippen LogP) is 6.19. The number of nitrogens with one attached hydrogen (secondary N) is 1. The van der Waals surface area contributed by atoms with Crippen LogP contribution >= 0.6 is 27.5 Å². The van der Waals surface area contributed by atoms with Crippen LogP contribution in [-0.2, 0) is 6.54 Å². The fourth-order valence-electron chi connectivity index (χ4n) is 3.28. The van der Waals surface area contributed by atoms with E-state index >= 15 is 0 Å². The lowest BCUT2D eigenvalue weighted by atomic mass is 9.69. The SMILES string of the molecule is CCC(C)(C)C1CCC(NCc2ccc(Cl)c(Br)c2)CC1. The quantitative estimate of drug-likeness (QED) is 0.650. The molecule has 118 valence electrons. The number of benzene rings is 1. The van der Waals surface area contributed by atoms with Gasteiger partial charge in [0.15, 0.2) is 0 Å². The highest BCUT2D eigenvalue weighted by molar-refractivity contribution is 9.10. The molecule has 1 saturated carbocycles. The summed E-state index contributed by atoms with van der Waals surface area (Å²) in [5.74, 6) is 0.894. The second-order valence-electron chi connectivity index (χ2n) is 7.02. The highest BCUT2D eigenvalue weighted by atomic mass is 79.9. The van der Waals surface area contributed by atoms with Crippen LogP contribution in [0.1, 0.15) is 58.4 Å². The molecular weight excluding hydrogens is 346 g/mol. The van der Waals surface area contributed by atoms with Gasteiger partial charge in [0.1, 0.15) is 0 Å². The monoisotopic (exact) mass is 371 g/mol. The Morgan fingerprint density at radius 1 is 1.24 bits per heavy atom. The van der Waals surface area contributed by atoms with Gasteiger partial charge < -0.3 is 5.32 Å². The fraction of sp³-hybridized carbons (Fsp3) is 0.667. The smallest absolute Gasteiger partial charge is 0.0548 e. The van der Waals surface area contributed by atoms with E-state index in [2.05, 4.69) is 54.2 Å². The molecule has 0 unspecified atom stereocenters. The maximum Gasteiger partial charge on any atom is 0.0548 e. The lowest BCUT2D eigenvalue weighted by molar-refractivity contribution is 0.137. The summed E-state index contributed by atoms with van der Waals surface area (Å²) in [6.07, 6.45) is 6.63. The molecule has 0 amide bonds. The minimum Gasteiger partial charge on any atom is -0.310 e. The van der Waals surface area contributed by atoms with Gasteiger partial charge in [0.2, 0.25) is 0 Å². The van der Waals surface area contributed by atoms with E-state index in [4.69, 9.17) is 11.6 Å². The predicted molar refractivity (Wildman–Crippen MR) is 95.8 cm³/mol. The van der Waals surface area contributed by atoms with E-state index in [9.17, 15) is 0 Å². The summed E-state index contributed by atoms with van der Waals surface area (Å²) in [7, 11) is 0. The third-order valence-electron chi connectivity index (χ3n) is 5.32. The normalized spacial score (nSPS) is 23.3. The standard InChI is InChI=1S/C18H27BrClN/c1-4-18(2,3)14-6-8-15(9-7-14)21-12-13-5-10-17(20)16(19)11-13/h5,10-11,14-15,21H,4,6-9,12H2,1-3H3. The third-order valence-corrected chi connectivity index (χ3v) is 6.54. The Balaban J connectivity index is 1.80. The lowest BCUT2D eigenvalue weighted by Gasteiger charge is -2.39. The molecule has 1 N–H and O–H groups in total. The van der Waals surface area contributed by atoms with Crippen molar-refractivity contribution in [2.75, 3.05) is 0 Å². The van der Waals surface area contributed by atoms with Gasteiger partial charge in [0.25, 0.3) is 0 Å². The van der Waals surface area contributed by atoms with E-state index in [0.29, 0.717) is 11.5 Å². The van der Waals surface area contributed by atoms with Crippen LogP contribution in [0.25, 0.3) is 0 Å². The van der Waals surface area contributed by atoms with Crippen molar-refractivity contribution in [1.82, 2.24) is 5.32 Å². The third kappa shape index (κ3) is 4.71. The molecule has 0 heterocycles. The molecule has 0 atom stereocenters. The first-order valence-electron chi connectivity index (χ1n) is 8.09. The number of halogens is 2. The van der Waals surface area contributed by atoms with E-state index in [-0.39, 0.29) is 0 Å². The van der Waals surface area contributed by atoms with Crippen LogP contribution in [0, 0.1) is 11.3 Å². The van der Waals surface area contributed by atoms with Crippen molar-refractivity contribution in [3.8, 4) is 0 Å². The first kappa shape index (κ1) is 17.3. The molecule has 1 aromatic rings. The summed E-state index contributed by atoms with van der Waals surface area (Å²) in [5.41, 5.74) is 1.80. The topological polar surface area (TPSA) is 12.0 Å². The first-order chi connectivity index (χ1) is 9.92. The van der Waals surface area contributed by atoms with Gasteiger partial charge in [-0.25, -0.2) is 0 Å². The van der Waals surface area contributed by atoms with Crippen LogP contribution in [0.15, 0.2) is 22.7 Å². The average Bonchev–Trinajstić information content (AvgIpc) is 2.49. The van der Waals surface area contributed by atoms with E-state index < -0.39 is 0 Å². The lowest BCUT2D eigenvalue weighted by Crippen LogP contribution is -2.36. The van der Waals surface area contributed by atoms with Crippen LogP contribution in [0.4, 0.5) is 0 Å². The zero-order chi connectivity index (χ0) is 15.5. The Bertz CT molecular complexity index is 464. The molecule has 3 heteroatoms. The van der Waals surface area contributed by atoms with E-state index in [1.807, 2.05) is 6.07 Å². The molecule has 0 aliphatic heterocycles. The molecule has 0 spiro atoms. The number of hydrogen-bond donors (Lipinski definition) is 1. The molecule has 0 aromatic heterocycles. The summed E-state index contributed by atoms with van der Waals surface area (Å²) in [6, 6.07) is 6.85. The summed E-state index contributed by atoms with van der Waals surface area (Å²) in [5, 5.41) is 4.49. The molecule has 1 fully saturated rings. The van der Waals surface area contributed by atoms with Crippen molar-refractivity contribution in [3.63, 3.8) is 0 Å². The van der Waals surface area contributed by atoms with Crippen molar-refractivity contribution in [3.05, 3.63) is 33.3 Å². The molecule has 1 nitrogen and oxygen atoms in total. The maximum atomic E-state index is 6.03. The van der Waals surface area contributed by atoms with Crippen molar-refractivity contribution >= 4 is 27.5 Å². The minimum atomic E-state index is 0.506. The first-order valence-corrected chi connectivity index (χ1v) is 9.27. The van der Waals surface area contributed by atoms with Crippen molar-refractivity contribution < 1.29 is 0 Å². The highest BCUT2D eigenvalue weighted by Gasteiger charge is 2.31. The Kier molecular flexibility index (Phi) is 6.16. The molecule has 0 radical (unpaired) electrons. The molecule has 1 aliphatic carbocycles. The largest absolute Gasteiger partial charge is 0.310 e. The summed E-state index contributed by atoms with van der Waals surface area (Å²) >= 11 is 9.52. The summed E-state index contributed by atoms with van der Waals surface area (Å²) in [6.45, 7) is 8.11. The molecule has 0 saturated heterocycles. The van der Waals surface area contributed by atoms with E-state index in [1.54, 1.807) is 0 Å². The van der Waals surface area contributed by atoms with Crippen molar-refractivity contribution in [2.24, 2.45) is 11.3 Å². The summed E-state index contributed by atoms with van der Waals surface area (Å²) < 4.78 is 0.983. The molecule has 2 rings (SSSR count). The zero-order valence-electron chi connectivity index (χ0n) is 13.4. The van der Waals surface area contributed by atoms with Crippen LogP contribution in [0.5, 0.6) is 0 Å². The summed E-state index contributed by atoms with van der Waals surface area (Å²) in [4.78, 5) is 0. The van der Waals surface area contributed by atoms with Gasteiger partial charge in [0.05, 0.1) is 5.02 Å². The van der Waals surface area contributed by atoms with Gasteiger partial charge in [-0.2, -0.15) is 0 Å². The van der Waals surface area contributed by atoms with E-state index in [0.717, 1.165) is 22.0 Å². The molecular formula is C18H27BrClN. The van der Waals surface area contributed by atoms with Gasteiger partial charge in [0, 0.05) is 17.1 Å². The highest BCUT2D eigenvalue weighted by Crippen LogP contribution is 2.40. The Labute approximate surface area is 143 Å². The van der Waals surface area contributed by atoms with Gasteiger partial charge in [-0.3, -0.25) is 0 Å². The fourth-order valence-corrected chi connectivity index (χ4v) is 3.82. The van der Waals surface area contributed by atoms with Crippen LogP contribution in [-0.4, -0.2) is 6.04 Å². The van der Waals surface area contributed by atoms with E-state index in [1.165, 1.54) is 37.7 Å². The molecule has 21 heavy (non-hydrogen) atoms. The minimum absolute atomic E-state index is 0.506. The van der Waals surface area contributed by atoms with Crippen molar-refractivity contribution in [2.45, 2.75) is 65.5 Å². The molecule has 1 aromatic carbocycles. The number of hydrogen-bond acceptors (Lipinski definition) is 1. The van der Waals surface area contributed by atoms with Gasteiger partial charge in [-0.05, 0) is 70.6 Å². The molecule has 1 aliphatic rings. The Morgan fingerprint density at radius 3 is 2.48 bits per heavy atom. The van der Waals surface area contributed by atoms with Crippen molar-refractivity contribution in [1.29, 1.82) is 0 Å². The Hall–Kier alpha value is -0.0500. The van der Waals surface area contributed by atoms with Gasteiger partial charge >= 0.3 is 0 Å². The second kappa shape index (κ2) is 7.48. The average molecular weight is 373 g/mol. The zero-order valence-corrected chi connectivity index (χ0v) is 15.7. The maximum absolute atomic E-state index is 6.03. The number of rotatable bonds is 5. The van der Waals surface area contributed by atoms with Gasteiger partial charge in [-0.1, -0.05) is 44.9 Å². The van der Waals surface area contributed by atoms with Crippen LogP contribution in [0.2, 0.25) is 5.02 Å². The van der Waals surface area contributed by atoms with Crippen LogP contribution in [0.3, 0.4) is 0 Å². The Morgan fingerprint density at radius 2 is 1.90 bits per heavy atom. The van der Waals surface area contributed by atoms with Gasteiger partial charge in [-0.15, -0.1) is 0 Å².